The van der Waals surface area contributed by atoms with Gasteiger partial charge in [-0.1, -0.05) is 24.6 Å². The van der Waals surface area contributed by atoms with E-state index in [9.17, 15) is 0 Å². The van der Waals surface area contributed by atoms with E-state index in [4.69, 9.17) is 11.6 Å². The van der Waals surface area contributed by atoms with Crippen molar-refractivity contribution in [2.75, 3.05) is 13.1 Å². The van der Waals surface area contributed by atoms with Crippen LogP contribution in [0.25, 0.3) is 0 Å². The molecular weight excluding hydrogens is 206 g/mol. The van der Waals surface area contributed by atoms with Gasteiger partial charge in [0.05, 0.1) is 0 Å². The van der Waals surface area contributed by atoms with E-state index in [1.54, 1.807) is 0 Å². The lowest BCUT2D eigenvalue weighted by atomic mass is 9.80. The maximum atomic E-state index is 5.98. The summed E-state index contributed by atoms with van der Waals surface area (Å²) in [6.07, 6.45) is 1.24. The molecule has 0 spiro atoms. The Hall–Kier alpha value is -0.530. The molecule has 0 aliphatic carbocycles. The number of benzene rings is 1. The molecule has 1 unspecified atom stereocenters. The molecule has 1 saturated heterocycles. The van der Waals surface area contributed by atoms with Crippen molar-refractivity contribution in [3.8, 4) is 0 Å². The molecular formula is C13H18ClN. The van der Waals surface area contributed by atoms with Crippen LogP contribution in [0.1, 0.15) is 30.4 Å². The molecule has 1 heterocycles. The fraction of sp³-hybridized carbons (Fsp3) is 0.538. The van der Waals surface area contributed by atoms with Crippen LogP contribution in [0.5, 0.6) is 0 Å². The molecule has 1 aromatic carbocycles. The Morgan fingerprint density at radius 3 is 2.87 bits per heavy atom. The molecule has 0 amide bonds. The van der Waals surface area contributed by atoms with Gasteiger partial charge in [-0.15, -0.1) is 0 Å². The zero-order valence-electron chi connectivity index (χ0n) is 9.39. The van der Waals surface area contributed by atoms with Crippen molar-refractivity contribution >= 4 is 11.6 Å². The SMILES string of the molecule is Cc1cc(Cl)ccc1C1CCNC[C@H]1C. The van der Waals surface area contributed by atoms with Crippen molar-refractivity contribution < 1.29 is 0 Å². The summed E-state index contributed by atoms with van der Waals surface area (Å²) in [5, 5.41) is 4.28. The minimum Gasteiger partial charge on any atom is -0.316 e. The molecule has 1 fully saturated rings. The zero-order valence-corrected chi connectivity index (χ0v) is 10.1. The molecule has 0 aromatic heterocycles. The highest BCUT2D eigenvalue weighted by molar-refractivity contribution is 6.30. The highest BCUT2D eigenvalue weighted by Crippen LogP contribution is 2.32. The molecule has 0 radical (unpaired) electrons. The minimum absolute atomic E-state index is 0.698. The predicted molar refractivity (Wildman–Crippen MR) is 65.6 cm³/mol. The predicted octanol–water partition coefficient (Wildman–Crippen LogP) is 3.36. The fourth-order valence-electron chi connectivity index (χ4n) is 2.53. The normalized spacial score (nSPS) is 26.6. The summed E-state index contributed by atoms with van der Waals surface area (Å²) in [6, 6.07) is 6.29. The van der Waals surface area contributed by atoms with Gasteiger partial charge in [-0.25, -0.2) is 0 Å². The number of hydrogen-bond donors (Lipinski definition) is 1. The Balaban J connectivity index is 2.27. The monoisotopic (exact) mass is 223 g/mol. The van der Waals surface area contributed by atoms with E-state index in [-0.39, 0.29) is 0 Å². The quantitative estimate of drug-likeness (QED) is 0.770. The van der Waals surface area contributed by atoms with Gasteiger partial charge in [0.2, 0.25) is 0 Å². The minimum atomic E-state index is 0.698. The molecule has 0 saturated carbocycles. The molecule has 82 valence electrons. The van der Waals surface area contributed by atoms with Gasteiger partial charge < -0.3 is 5.32 Å². The summed E-state index contributed by atoms with van der Waals surface area (Å²) in [5.74, 6) is 1.42. The molecule has 1 aliphatic rings. The Bertz CT molecular complexity index is 348. The Kier molecular flexibility index (Phi) is 3.32. The van der Waals surface area contributed by atoms with Gasteiger partial charge >= 0.3 is 0 Å². The van der Waals surface area contributed by atoms with Crippen molar-refractivity contribution in [1.29, 1.82) is 0 Å². The van der Waals surface area contributed by atoms with Crippen molar-refractivity contribution in [3.05, 3.63) is 34.3 Å². The Morgan fingerprint density at radius 1 is 1.40 bits per heavy atom. The van der Waals surface area contributed by atoms with Crippen LogP contribution >= 0.6 is 11.6 Å². The van der Waals surface area contributed by atoms with Gasteiger partial charge in [0.15, 0.2) is 0 Å². The van der Waals surface area contributed by atoms with Gasteiger partial charge in [-0.3, -0.25) is 0 Å². The van der Waals surface area contributed by atoms with Gasteiger partial charge in [0.25, 0.3) is 0 Å². The van der Waals surface area contributed by atoms with Crippen LogP contribution in [0.2, 0.25) is 5.02 Å². The van der Waals surface area contributed by atoms with Crippen molar-refractivity contribution in [1.82, 2.24) is 5.32 Å². The average molecular weight is 224 g/mol. The number of hydrogen-bond acceptors (Lipinski definition) is 1. The fourth-order valence-corrected chi connectivity index (χ4v) is 2.76. The van der Waals surface area contributed by atoms with Gasteiger partial charge in [-0.05, 0) is 61.5 Å². The highest BCUT2D eigenvalue weighted by Gasteiger charge is 2.23. The molecule has 2 rings (SSSR count). The lowest BCUT2D eigenvalue weighted by Crippen LogP contribution is -2.34. The smallest absolute Gasteiger partial charge is 0.0408 e. The largest absolute Gasteiger partial charge is 0.316 e. The molecule has 2 heteroatoms. The Labute approximate surface area is 96.8 Å². The molecule has 1 aromatic rings. The first-order valence-corrected chi connectivity index (χ1v) is 6.03. The van der Waals surface area contributed by atoms with E-state index >= 15 is 0 Å². The van der Waals surface area contributed by atoms with E-state index in [2.05, 4.69) is 31.3 Å². The molecule has 1 N–H and O–H groups in total. The third-order valence-corrected chi connectivity index (χ3v) is 3.65. The topological polar surface area (TPSA) is 12.0 Å². The number of halogens is 1. The van der Waals surface area contributed by atoms with Gasteiger partial charge in [0, 0.05) is 5.02 Å². The zero-order chi connectivity index (χ0) is 10.8. The van der Waals surface area contributed by atoms with Crippen LogP contribution < -0.4 is 5.32 Å². The van der Waals surface area contributed by atoms with Crippen LogP contribution in [0.15, 0.2) is 18.2 Å². The highest BCUT2D eigenvalue weighted by atomic mass is 35.5. The molecule has 2 atom stereocenters. The molecule has 15 heavy (non-hydrogen) atoms. The van der Waals surface area contributed by atoms with Gasteiger partial charge in [-0.2, -0.15) is 0 Å². The lowest BCUT2D eigenvalue weighted by molar-refractivity contribution is 0.348. The number of piperidine rings is 1. The van der Waals surface area contributed by atoms with Crippen LogP contribution in [-0.4, -0.2) is 13.1 Å². The summed E-state index contributed by atoms with van der Waals surface area (Å²) in [5.41, 5.74) is 2.81. The van der Waals surface area contributed by atoms with Gasteiger partial charge in [0.1, 0.15) is 0 Å². The molecule has 1 aliphatic heterocycles. The standard InChI is InChI=1S/C13H18ClN/c1-9-7-11(14)3-4-12(9)13-5-6-15-8-10(13)2/h3-4,7,10,13,15H,5-6,8H2,1-2H3/t10-,13?/m1/s1. The first kappa shape index (κ1) is 11.0. The average Bonchev–Trinajstić information content (AvgIpc) is 2.20. The van der Waals surface area contributed by atoms with Crippen LogP contribution in [0.3, 0.4) is 0 Å². The third kappa shape index (κ3) is 2.35. The number of nitrogens with one attached hydrogen (secondary N) is 1. The number of rotatable bonds is 1. The molecule has 1 nitrogen and oxygen atoms in total. The second kappa shape index (κ2) is 4.54. The van der Waals surface area contributed by atoms with Crippen LogP contribution in [0, 0.1) is 12.8 Å². The van der Waals surface area contributed by atoms with Crippen LogP contribution in [0.4, 0.5) is 0 Å². The first-order chi connectivity index (χ1) is 7.18. The maximum absolute atomic E-state index is 5.98. The maximum Gasteiger partial charge on any atom is 0.0408 e. The second-order valence-electron chi connectivity index (χ2n) is 4.58. The van der Waals surface area contributed by atoms with E-state index in [1.165, 1.54) is 17.5 Å². The van der Waals surface area contributed by atoms with E-state index in [1.807, 2.05) is 6.07 Å². The Morgan fingerprint density at radius 2 is 2.20 bits per heavy atom. The molecule has 0 bridgehead atoms. The summed E-state index contributed by atoms with van der Waals surface area (Å²) < 4.78 is 0. The van der Waals surface area contributed by atoms with Crippen molar-refractivity contribution in [3.63, 3.8) is 0 Å². The second-order valence-corrected chi connectivity index (χ2v) is 5.01. The van der Waals surface area contributed by atoms with E-state index in [0.29, 0.717) is 5.92 Å². The lowest BCUT2D eigenvalue weighted by Gasteiger charge is -2.31. The van der Waals surface area contributed by atoms with Crippen molar-refractivity contribution in [2.45, 2.75) is 26.2 Å². The number of aryl methyl sites for hydroxylation is 1. The van der Waals surface area contributed by atoms with E-state index in [0.717, 1.165) is 24.0 Å². The van der Waals surface area contributed by atoms with Crippen molar-refractivity contribution in [2.24, 2.45) is 5.92 Å². The summed E-state index contributed by atoms with van der Waals surface area (Å²) in [6.45, 7) is 6.75. The van der Waals surface area contributed by atoms with Crippen LogP contribution in [-0.2, 0) is 0 Å². The first-order valence-electron chi connectivity index (χ1n) is 5.65. The summed E-state index contributed by atoms with van der Waals surface area (Å²) in [4.78, 5) is 0. The van der Waals surface area contributed by atoms with E-state index < -0.39 is 0 Å². The third-order valence-electron chi connectivity index (χ3n) is 3.42. The summed E-state index contributed by atoms with van der Waals surface area (Å²) in [7, 11) is 0. The summed E-state index contributed by atoms with van der Waals surface area (Å²) >= 11 is 5.98.